The quantitative estimate of drug-likeness (QED) is 0.308. The maximum atomic E-state index is 12.5. The van der Waals surface area contributed by atoms with Crippen molar-refractivity contribution in [3.8, 4) is 5.75 Å². The molecule has 42 heavy (non-hydrogen) atoms. The minimum Gasteiger partial charge on any atom is -0.410 e. The van der Waals surface area contributed by atoms with Crippen LogP contribution in [-0.4, -0.2) is 84.1 Å². The van der Waals surface area contributed by atoms with E-state index in [4.69, 9.17) is 15.2 Å². The molecule has 5 N–H and O–H groups in total. The molecule has 2 amide bonds. The Morgan fingerprint density at radius 1 is 1.10 bits per heavy atom. The number of hydrogen-bond acceptors (Lipinski definition) is 10. The normalized spacial score (nSPS) is 24.7. The van der Waals surface area contributed by atoms with Gasteiger partial charge in [-0.25, -0.2) is 19.7 Å². The van der Waals surface area contributed by atoms with Crippen LogP contribution in [0.3, 0.4) is 0 Å². The first-order chi connectivity index (χ1) is 20.3. The molecule has 0 unspecified atom stereocenters. The third-order valence-electron chi connectivity index (χ3n) is 8.30. The van der Waals surface area contributed by atoms with E-state index in [2.05, 4.69) is 20.3 Å². The molecule has 4 heterocycles. The number of aliphatic hydroxyl groups is 2. The molecule has 0 spiro atoms. The summed E-state index contributed by atoms with van der Waals surface area (Å²) >= 11 is 0. The average molecular weight is 580 g/mol. The summed E-state index contributed by atoms with van der Waals surface area (Å²) in [4.78, 5) is 40.2. The van der Waals surface area contributed by atoms with Gasteiger partial charge in [-0.15, -0.1) is 0 Å². The second-order valence-corrected chi connectivity index (χ2v) is 11.6. The monoisotopic (exact) mass is 579 g/mol. The lowest BCUT2D eigenvalue weighted by Crippen LogP contribution is -2.43. The van der Waals surface area contributed by atoms with Crippen LogP contribution in [0.15, 0.2) is 30.6 Å². The second kappa shape index (κ2) is 11.8. The van der Waals surface area contributed by atoms with Gasteiger partial charge in [0.05, 0.1) is 6.33 Å². The second-order valence-electron chi connectivity index (χ2n) is 11.6. The van der Waals surface area contributed by atoms with Crippen molar-refractivity contribution in [1.82, 2.24) is 29.7 Å². The van der Waals surface area contributed by atoms with Gasteiger partial charge in [-0.1, -0.05) is 17.7 Å². The van der Waals surface area contributed by atoms with E-state index in [1.165, 1.54) is 10.9 Å². The average Bonchev–Trinajstić information content (AvgIpc) is 3.61. The molecule has 3 aromatic rings. The van der Waals surface area contributed by atoms with Crippen LogP contribution in [0, 0.1) is 12.8 Å². The Morgan fingerprint density at radius 3 is 2.55 bits per heavy atom. The first kappa shape index (κ1) is 28.3. The van der Waals surface area contributed by atoms with Gasteiger partial charge in [0.25, 0.3) is 5.91 Å². The molecule has 1 aliphatic carbocycles. The van der Waals surface area contributed by atoms with Gasteiger partial charge in [0.2, 0.25) is 0 Å². The van der Waals surface area contributed by atoms with Crippen molar-refractivity contribution in [2.75, 3.05) is 18.8 Å². The lowest BCUT2D eigenvalue weighted by Gasteiger charge is -2.31. The summed E-state index contributed by atoms with van der Waals surface area (Å²) in [5, 5.41) is 24.0. The summed E-state index contributed by atoms with van der Waals surface area (Å²) in [7, 11) is 0. The van der Waals surface area contributed by atoms with Gasteiger partial charge in [0.1, 0.15) is 29.3 Å². The number of aromatic nitrogens is 4. The Balaban J connectivity index is 1.03. The van der Waals surface area contributed by atoms with Gasteiger partial charge in [-0.05, 0) is 63.5 Å². The van der Waals surface area contributed by atoms with E-state index in [0.29, 0.717) is 48.2 Å². The van der Waals surface area contributed by atoms with E-state index >= 15 is 0 Å². The topological polar surface area (TPSA) is 178 Å². The highest BCUT2D eigenvalue weighted by atomic mass is 16.6. The van der Waals surface area contributed by atoms with Crippen molar-refractivity contribution in [2.45, 2.75) is 82.5 Å². The molecule has 2 saturated heterocycles. The molecule has 224 valence electrons. The van der Waals surface area contributed by atoms with E-state index in [1.54, 1.807) is 17.0 Å². The molecular weight excluding hydrogens is 542 g/mol. The van der Waals surface area contributed by atoms with Crippen molar-refractivity contribution < 1.29 is 29.3 Å². The molecule has 4 atom stereocenters. The lowest BCUT2D eigenvalue weighted by molar-refractivity contribution is -0.137. The maximum Gasteiger partial charge on any atom is 0.415 e. The van der Waals surface area contributed by atoms with E-state index in [-0.39, 0.29) is 18.0 Å². The number of anilines is 1. The predicted molar refractivity (Wildman–Crippen MR) is 151 cm³/mol. The maximum absolute atomic E-state index is 12.5. The van der Waals surface area contributed by atoms with Crippen LogP contribution in [0.5, 0.6) is 5.75 Å². The lowest BCUT2D eigenvalue weighted by atomic mass is 9.91. The van der Waals surface area contributed by atoms with E-state index in [9.17, 15) is 19.8 Å². The third kappa shape index (κ3) is 6.03. The number of hydrogen-bond donors (Lipinski definition) is 4. The molecule has 6 rings (SSSR count). The Morgan fingerprint density at radius 2 is 1.83 bits per heavy atom. The zero-order valence-electron chi connectivity index (χ0n) is 23.6. The van der Waals surface area contributed by atoms with Crippen LogP contribution in [0.2, 0.25) is 0 Å². The van der Waals surface area contributed by atoms with Gasteiger partial charge < -0.3 is 35.6 Å². The molecular formula is C29H37N7O6. The predicted octanol–water partition coefficient (Wildman–Crippen LogP) is 1.85. The first-order valence-corrected chi connectivity index (χ1v) is 14.6. The Bertz CT molecular complexity index is 1430. The number of rotatable bonds is 8. The number of aryl methyl sites for hydroxylation is 2. The minimum atomic E-state index is -1.39. The standard InChI is InChI=1S/C29H37N7O6/c1-16-5-9-19(10-6-16)41-29(40)35-13-11-17(12-14-35)3-2-4-20-33-25(30)21-26(34-20)36(15-31-21)28-23(38)22(37)24(42-28)27(39)32-18-7-8-18/h5-6,9-10,15,17-18,22-24,28,37-38H,2-4,7-8,11-14H2,1H3,(H,32,39)(H2,30,33,34)/t22-,23+,24-,28+/m0/s1. The Kier molecular flexibility index (Phi) is 7.97. The van der Waals surface area contributed by atoms with Crippen LogP contribution in [0.4, 0.5) is 10.6 Å². The van der Waals surface area contributed by atoms with E-state index in [0.717, 1.165) is 44.1 Å². The Hall–Kier alpha value is -3.81. The number of carbonyl (C=O) groups is 2. The summed E-state index contributed by atoms with van der Waals surface area (Å²) < 4.78 is 12.8. The number of benzene rings is 1. The molecule has 3 fully saturated rings. The van der Waals surface area contributed by atoms with Crippen molar-refractivity contribution in [2.24, 2.45) is 5.92 Å². The molecule has 13 heteroatoms. The number of amides is 2. The number of fused-ring (bicyclic) bond motifs is 1. The number of nitrogen functional groups attached to an aromatic ring is 1. The van der Waals surface area contributed by atoms with Gasteiger partial charge in [0.15, 0.2) is 23.8 Å². The molecule has 13 nitrogen and oxygen atoms in total. The number of nitrogens with zero attached hydrogens (tertiary/aromatic N) is 5. The molecule has 2 aromatic heterocycles. The smallest absolute Gasteiger partial charge is 0.410 e. The number of carbonyl (C=O) groups excluding carboxylic acids is 2. The van der Waals surface area contributed by atoms with Gasteiger partial charge in [-0.2, -0.15) is 0 Å². The highest BCUT2D eigenvalue weighted by Gasteiger charge is 2.48. The SMILES string of the molecule is Cc1ccc(OC(=O)N2CCC(CCCc3nc(N)c4ncn([C@@H]5O[C@H](C(=O)NC6CC6)[C@@H](O)[C@H]5O)c4n3)CC2)cc1. The minimum absolute atomic E-state index is 0.0989. The number of likely N-dealkylation sites (tertiary alicyclic amines) is 1. The summed E-state index contributed by atoms with van der Waals surface area (Å²) in [5.74, 6) is 1.33. The number of piperidine rings is 1. The highest BCUT2D eigenvalue weighted by Crippen LogP contribution is 2.33. The fraction of sp³-hybridized carbons (Fsp3) is 0.552. The highest BCUT2D eigenvalue weighted by molar-refractivity contribution is 5.83. The largest absolute Gasteiger partial charge is 0.415 e. The fourth-order valence-corrected chi connectivity index (χ4v) is 5.62. The van der Waals surface area contributed by atoms with Crippen molar-refractivity contribution >= 4 is 29.0 Å². The van der Waals surface area contributed by atoms with Gasteiger partial charge in [0, 0.05) is 25.6 Å². The number of nitrogens with two attached hydrogens (primary N) is 1. The summed E-state index contributed by atoms with van der Waals surface area (Å²) in [5.41, 5.74) is 8.04. The van der Waals surface area contributed by atoms with Gasteiger partial charge in [-0.3, -0.25) is 9.36 Å². The number of imidazole rings is 1. The van der Waals surface area contributed by atoms with E-state index < -0.39 is 30.4 Å². The molecule has 1 aromatic carbocycles. The van der Waals surface area contributed by atoms with Crippen molar-refractivity contribution in [3.05, 3.63) is 42.0 Å². The van der Waals surface area contributed by atoms with Crippen LogP contribution < -0.4 is 15.8 Å². The van der Waals surface area contributed by atoms with Crippen molar-refractivity contribution in [3.63, 3.8) is 0 Å². The fourth-order valence-electron chi connectivity index (χ4n) is 5.62. The molecule has 1 saturated carbocycles. The number of nitrogens with one attached hydrogen (secondary N) is 1. The number of ether oxygens (including phenoxy) is 2. The Labute approximate surface area is 243 Å². The molecule has 0 radical (unpaired) electrons. The summed E-state index contributed by atoms with van der Waals surface area (Å²) in [6, 6.07) is 7.54. The van der Waals surface area contributed by atoms with Gasteiger partial charge >= 0.3 is 6.09 Å². The van der Waals surface area contributed by atoms with Crippen LogP contribution in [-0.2, 0) is 16.0 Å². The molecule has 2 aliphatic heterocycles. The number of aliphatic hydroxyl groups excluding tert-OH is 2. The van der Waals surface area contributed by atoms with E-state index in [1.807, 2.05) is 19.1 Å². The van der Waals surface area contributed by atoms with Crippen LogP contribution in [0.25, 0.3) is 11.2 Å². The van der Waals surface area contributed by atoms with Crippen molar-refractivity contribution in [1.29, 1.82) is 0 Å². The zero-order chi connectivity index (χ0) is 29.4. The third-order valence-corrected chi connectivity index (χ3v) is 8.30. The molecule has 3 aliphatic rings. The first-order valence-electron chi connectivity index (χ1n) is 14.6. The van der Waals surface area contributed by atoms with Crippen LogP contribution >= 0.6 is 0 Å². The van der Waals surface area contributed by atoms with Crippen LogP contribution in [0.1, 0.15) is 56.1 Å². The summed E-state index contributed by atoms with van der Waals surface area (Å²) in [6.07, 6.45) is 2.09. The zero-order valence-corrected chi connectivity index (χ0v) is 23.6. The molecule has 0 bridgehead atoms. The summed E-state index contributed by atoms with van der Waals surface area (Å²) in [6.45, 7) is 3.29.